The molecule has 0 bridgehead atoms. The number of amides is 1. The topological polar surface area (TPSA) is 81.8 Å². The first kappa shape index (κ1) is 20.1. The molecular formula is C25H23N5OS. The second-order valence-electron chi connectivity index (χ2n) is 8.10. The van der Waals surface area contributed by atoms with Crippen LogP contribution < -0.4 is 16.0 Å². The van der Waals surface area contributed by atoms with E-state index in [1.165, 1.54) is 11.3 Å². The fourth-order valence-corrected chi connectivity index (χ4v) is 4.69. The Labute approximate surface area is 189 Å². The third kappa shape index (κ3) is 4.02. The predicted octanol–water partition coefficient (Wildman–Crippen LogP) is 5.37. The van der Waals surface area contributed by atoms with Crippen LogP contribution in [0.15, 0.2) is 78.8 Å². The fraction of sp³-hybridized carbons (Fsp3) is 0.120. The van der Waals surface area contributed by atoms with Gasteiger partial charge in [0.15, 0.2) is 0 Å². The van der Waals surface area contributed by atoms with Crippen LogP contribution in [0, 0.1) is 0 Å². The van der Waals surface area contributed by atoms with E-state index in [2.05, 4.69) is 63.1 Å². The summed E-state index contributed by atoms with van der Waals surface area (Å²) in [4.78, 5) is 13.1. The highest BCUT2D eigenvalue weighted by Crippen LogP contribution is 2.30. The van der Waals surface area contributed by atoms with Crippen molar-refractivity contribution in [2.45, 2.75) is 19.9 Å². The van der Waals surface area contributed by atoms with E-state index < -0.39 is 0 Å². The van der Waals surface area contributed by atoms with Crippen molar-refractivity contribution in [1.29, 1.82) is 0 Å². The molecule has 1 aliphatic rings. The van der Waals surface area contributed by atoms with Crippen LogP contribution in [-0.4, -0.2) is 22.1 Å². The van der Waals surface area contributed by atoms with E-state index in [1.807, 2.05) is 44.3 Å². The Balaban J connectivity index is 1.42. The number of nitrogens with zero attached hydrogens (tertiary/aromatic N) is 1. The maximum Gasteiger partial charge on any atom is 0.261 e. The lowest BCUT2D eigenvalue weighted by Crippen LogP contribution is -2.29. The van der Waals surface area contributed by atoms with Crippen molar-refractivity contribution in [2.75, 3.05) is 5.32 Å². The minimum Gasteiger partial charge on any atom is -0.355 e. The first-order chi connectivity index (χ1) is 15.4. The summed E-state index contributed by atoms with van der Waals surface area (Å²) in [6.07, 6.45) is 5.85. The second-order valence-corrected chi connectivity index (χ2v) is 9.18. The number of allylic oxidation sites excluding steroid dienone is 2. The highest BCUT2D eigenvalue weighted by molar-refractivity contribution is 7.20. The Kier molecular flexibility index (Phi) is 5.03. The molecule has 0 fully saturated rings. The van der Waals surface area contributed by atoms with Crippen LogP contribution in [0.4, 0.5) is 5.69 Å². The molecule has 1 amide bonds. The molecule has 0 aliphatic carbocycles. The summed E-state index contributed by atoms with van der Waals surface area (Å²) in [5, 5.41) is 18.9. The van der Waals surface area contributed by atoms with Gasteiger partial charge in [-0.2, -0.15) is 5.10 Å². The van der Waals surface area contributed by atoms with Crippen molar-refractivity contribution >= 4 is 49.6 Å². The third-order valence-electron chi connectivity index (χ3n) is 5.13. The summed E-state index contributed by atoms with van der Waals surface area (Å²) < 4.78 is 1.07. The predicted molar refractivity (Wildman–Crippen MR) is 132 cm³/mol. The quantitative estimate of drug-likeness (QED) is 0.336. The van der Waals surface area contributed by atoms with Gasteiger partial charge in [0.2, 0.25) is 0 Å². The van der Waals surface area contributed by atoms with E-state index in [4.69, 9.17) is 0 Å². The zero-order chi connectivity index (χ0) is 22.2. The standard InChI is InChI=1S/C25H23N5OS/c1-14(2)27-25(31)24-11-17-5-4-16(10-23(17)32-24)22-12-20(8-15(3)28-22)29-19-6-7-21-18(9-19)13-26-30-21/h4-14,28-29H,3H2,1-2H3,(H,26,30)(H,27,31). The van der Waals surface area contributed by atoms with E-state index in [9.17, 15) is 4.79 Å². The molecule has 6 nitrogen and oxygen atoms in total. The molecule has 0 saturated heterocycles. The minimum atomic E-state index is -0.0323. The first-order valence-corrected chi connectivity index (χ1v) is 11.2. The molecular weight excluding hydrogens is 418 g/mol. The van der Waals surface area contributed by atoms with E-state index in [1.54, 1.807) is 0 Å². The molecule has 1 aliphatic heterocycles. The summed E-state index contributed by atoms with van der Waals surface area (Å²) in [7, 11) is 0. The van der Waals surface area contributed by atoms with E-state index in [-0.39, 0.29) is 11.9 Å². The van der Waals surface area contributed by atoms with Crippen LogP contribution in [-0.2, 0) is 0 Å². The van der Waals surface area contributed by atoms with Gasteiger partial charge in [0.05, 0.1) is 16.6 Å². The van der Waals surface area contributed by atoms with Crippen LogP contribution in [0.25, 0.3) is 26.7 Å². The van der Waals surface area contributed by atoms with Gasteiger partial charge in [-0.1, -0.05) is 18.7 Å². The lowest BCUT2D eigenvalue weighted by molar-refractivity contribution is 0.0947. The number of aromatic amines is 1. The van der Waals surface area contributed by atoms with Gasteiger partial charge in [-0.3, -0.25) is 9.89 Å². The smallest absolute Gasteiger partial charge is 0.261 e. The number of carbonyl (C=O) groups is 1. The minimum absolute atomic E-state index is 0.0323. The molecule has 0 unspecified atom stereocenters. The normalized spacial score (nSPS) is 13.8. The van der Waals surface area contributed by atoms with Gasteiger partial charge < -0.3 is 16.0 Å². The van der Waals surface area contributed by atoms with Crippen LogP contribution in [0.5, 0.6) is 0 Å². The lowest BCUT2D eigenvalue weighted by Gasteiger charge is -2.19. The van der Waals surface area contributed by atoms with Crippen molar-refractivity contribution in [3.8, 4) is 0 Å². The summed E-state index contributed by atoms with van der Waals surface area (Å²) in [6, 6.07) is 14.4. The highest BCUT2D eigenvalue weighted by Gasteiger charge is 2.14. The van der Waals surface area contributed by atoms with Crippen LogP contribution in [0.2, 0.25) is 0 Å². The van der Waals surface area contributed by atoms with Crippen molar-refractivity contribution in [1.82, 2.24) is 20.8 Å². The van der Waals surface area contributed by atoms with Gasteiger partial charge in [0.1, 0.15) is 0 Å². The maximum absolute atomic E-state index is 12.4. The highest BCUT2D eigenvalue weighted by atomic mass is 32.1. The fourth-order valence-electron chi connectivity index (χ4n) is 3.69. The number of nitrogens with one attached hydrogen (secondary N) is 4. The molecule has 0 saturated carbocycles. The van der Waals surface area contributed by atoms with Crippen molar-refractivity contribution < 1.29 is 4.79 Å². The number of benzene rings is 2. The Bertz CT molecular complexity index is 1420. The number of carbonyl (C=O) groups excluding carboxylic acids is 1. The van der Waals surface area contributed by atoms with Crippen molar-refractivity contribution in [2.24, 2.45) is 0 Å². The summed E-state index contributed by atoms with van der Waals surface area (Å²) in [5.41, 5.74) is 5.71. The molecule has 4 aromatic rings. The second kappa shape index (κ2) is 8.01. The first-order valence-electron chi connectivity index (χ1n) is 10.4. The van der Waals surface area contributed by atoms with Crippen molar-refractivity contribution in [3.63, 3.8) is 0 Å². The Morgan fingerprint density at radius 1 is 1.09 bits per heavy atom. The van der Waals surface area contributed by atoms with Gasteiger partial charge >= 0.3 is 0 Å². The SMILES string of the molecule is C=C1C=C(Nc2ccc3[nH]ncc3c2)C=C(c2ccc3cc(C(=O)NC(C)C)sc3c2)N1. The summed E-state index contributed by atoms with van der Waals surface area (Å²) >= 11 is 1.50. The zero-order valence-corrected chi connectivity index (χ0v) is 18.6. The number of hydrogen-bond donors (Lipinski definition) is 4. The maximum atomic E-state index is 12.4. The Morgan fingerprint density at radius 3 is 2.81 bits per heavy atom. The van der Waals surface area contributed by atoms with Crippen LogP contribution in [0.1, 0.15) is 29.1 Å². The number of thiophene rings is 1. The third-order valence-corrected chi connectivity index (χ3v) is 6.22. The molecule has 160 valence electrons. The van der Waals surface area contributed by atoms with Crippen LogP contribution >= 0.6 is 11.3 Å². The average Bonchev–Trinajstić information content (AvgIpc) is 3.38. The average molecular weight is 442 g/mol. The largest absolute Gasteiger partial charge is 0.355 e. The monoisotopic (exact) mass is 441 g/mol. The van der Waals surface area contributed by atoms with Crippen LogP contribution in [0.3, 0.4) is 0 Å². The van der Waals surface area contributed by atoms with Gasteiger partial charge in [-0.25, -0.2) is 0 Å². The molecule has 4 N–H and O–H groups in total. The van der Waals surface area contributed by atoms with E-state index in [0.29, 0.717) is 0 Å². The zero-order valence-electron chi connectivity index (χ0n) is 17.8. The van der Waals surface area contributed by atoms with Gasteiger partial charge in [-0.05, 0) is 67.3 Å². The number of H-pyrrole nitrogens is 1. The number of fused-ring (bicyclic) bond motifs is 2. The lowest BCUT2D eigenvalue weighted by atomic mass is 10.1. The Morgan fingerprint density at radius 2 is 1.97 bits per heavy atom. The molecule has 3 heterocycles. The number of hydrogen-bond acceptors (Lipinski definition) is 5. The van der Waals surface area contributed by atoms with Gasteiger partial charge in [0, 0.05) is 38.9 Å². The van der Waals surface area contributed by atoms with Gasteiger partial charge in [-0.15, -0.1) is 11.3 Å². The number of rotatable bonds is 5. The summed E-state index contributed by atoms with van der Waals surface area (Å²) in [6.45, 7) is 8.03. The molecule has 0 radical (unpaired) electrons. The molecule has 5 rings (SSSR count). The Hall–Kier alpha value is -3.84. The number of dihydropyridines is 1. The number of aromatic nitrogens is 2. The number of anilines is 1. The molecule has 2 aromatic heterocycles. The molecule has 32 heavy (non-hydrogen) atoms. The van der Waals surface area contributed by atoms with E-state index >= 15 is 0 Å². The molecule has 0 spiro atoms. The van der Waals surface area contributed by atoms with E-state index in [0.717, 1.165) is 54.2 Å². The summed E-state index contributed by atoms with van der Waals surface area (Å²) in [5.74, 6) is -0.0323. The van der Waals surface area contributed by atoms with Crippen molar-refractivity contribution in [3.05, 3.63) is 89.2 Å². The molecule has 7 heteroatoms. The molecule has 2 aromatic carbocycles. The molecule has 0 atom stereocenters. The van der Waals surface area contributed by atoms with Gasteiger partial charge in [0.25, 0.3) is 5.91 Å².